The summed E-state index contributed by atoms with van der Waals surface area (Å²) in [7, 11) is 1.70. The second-order valence-corrected chi connectivity index (χ2v) is 5.30. The highest BCUT2D eigenvalue weighted by molar-refractivity contribution is 5.78. The van der Waals surface area contributed by atoms with E-state index in [-0.39, 0.29) is 5.82 Å². The van der Waals surface area contributed by atoms with Gasteiger partial charge in [-0.2, -0.15) is 0 Å². The lowest BCUT2D eigenvalue weighted by atomic mass is 10.00. The molecule has 0 radical (unpaired) electrons. The number of hydrogen-bond donors (Lipinski definition) is 3. The maximum absolute atomic E-state index is 13.7. The molecule has 1 heterocycles. The van der Waals surface area contributed by atoms with E-state index in [0.717, 1.165) is 24.0 Å². The van der Waals surface area contributed by atoms with E-state index in [2.05, 4.69) is 10.8 Å². The molecule has 0 atom stereocenters. The molecule has 1 aliphatic carbocycles. The van der Waals surface area contributed by atoms with Crippen LogP contribution in [0.4, 0.5) is 10.1 Å². The van der Waals surface area contributed by atoms with E-state index in [4.69, 9.17) is 15.1 Å². The normalized spacial score (nSPS) is 13.3. The van der Waals surface area contributed by atoms with Crippen LogP contribution < -0.4 is 22.1 Å². The lowest BCUT2D eigenvalue weighted by molar-refractivity contribution is -0.109. The van der Waals surface area contributed by atoms with E-state index < -0.39 is 0 Å². The summed E-state index contributed by atoms with van der Waals surface area (Å²) >= 11 is 0. The van der Waals surface area contributed by atoms with E-state index in [9.17, 15) is 4.39 Å². The predicted molar refractivity (Wildman–Crippen MR) is 89.8 cm³/mol. The Morgan fingerprint density at radius 2 is 2.12 bits per heavy atom. The molecule has 1 saturated carbocycles. The fourth-order valence-corrected chi connectivity index (χ4v) is 2.30. The van der Waals surface area contributed by atoms with Crippen LogP contribution in [0, 0.1) is 5.82 Å². The van der Waals surface area contributed by atoms with E-state index >= 15 is 0 Å². The SMILES string of the molecule is CN(N)c1cc(F)cc(C2CC2)c1/C=C/c1ncco1.NNC=O. The monoisotopic (exact) mass is 333 g/mol. The molecule has 128 valence electrons. The Morgan fingerprint density at radius 1 is 1.42 bits per heavy atom. The van der Waals surface area contributed by atoms with Crippen LogP contribution in [0.1, 0.15) is 35.8 Å². The van der Waals surface area contributed by atoms with E-state index in [1.807, 2.05) is 6.08 Å². The maximum Gasteiger partial charge on any atom is 0.221 e. The fraction of sp³-hybridized carbons (Fsp3) is 0.250. The Kier molecular flexibility index (Phi) is 6.05. The average molecular weight is 333 g/mol. The number of aromatic nitrogens is 1. The summed E-state index contributed by atoms with van der Waals surface area (Å²) in [5.41, 5.74) is 4.34. The molecule has 5 N–H and O–H groups in total. The highest BCUT2D eigenvalue weighted by Gasteiger charge is 2.27. The second kappa shape index (κ2) is 8.23. The van der Waals surface area contributed by atoms with Gasteiger partial charge in [-0.15, -0.1) is 0 Å². The van der Waals surface area contributed by atoms with Crippen LogP contribution in [0.25, 0.3) is 12.2 Å². The first-order chi connectivity index (χ1) is 11.6. The van der Waals surface area contributed by atoms with Crippen molar-refractivity contribution in [1.82, 2.24) is 10.4 Å². The molecule has 24 heavy (non-hydrogen) atoms. The molecule has 7 nitrogen and oxygen atoms in total. The van der Waals surface area contributed by atoms with Crippen molar-refractivity contribution in [2.75, 3.05) is 12.1 Å². The number of amides is 1. The zero-order valence-electron chi connectivity index (χ0n) is 13.3. The minimum Gasteiger partial charge on any atom is -0.445 e. The molecule has 0 bridgehead atoms. The van der Waals surface area contributed by atoms with Crippen molar-refractivity contribution in [3.63, 3.8) is 0 Å². The van der Waals surface area contributed by atoms with Gasteiger partial charge in [0, 0.05) is 18.7 Å². The van der Waals surface area contributed by atoms with Crippen molar-refractivity contribution in [2.24, 2.45) is 11.7 Å². The summed E-state index contributed by atoms with van der Waals surface area (Å²) in [5, 5.41) is 1.43. The molecular formula is C16H20FN5O2. The molecule has 8 heteroatoms. The maximum atomic E-state index is 13.7. The van der Waals surface area contributed by atoms with Crippen LogP contribution in [0.2, 0.25) is 0 Å². The third-order valence-electron chi connectivity index (χ3n) is 3.46. The largest absolute Gasteiger partial charge is 0.445 e. The van der Waals surface area contributed by atoms with Crippen LogP contribution in [0.3, 0.4) is 0 Å². The van der Waals surface area contributed by atoms with Crippen LogP contribution in [-0.4, -0.2) is 18.4 Å². The van der Waals surface area contributed by atoms with Gasteiger partial charge in [0.1, 0.15) is 12.1 Å². The lowest BCUT2D eigenvalue weighted by Gasteiger charge is -2.18. The number of hydrogen-bond acceptors (Lipinski definition) is 6. The Balaban J connectivity index is 0.000000471. The quantitative estimate of drug-likeness (QED) is 0.333. The van der Waals surface area contributed by atoms with Crippen molar-refractivity contribution in [2.45, 2.75) is 18.8 Å². The number of oxazole rings is 1. The third-order valence-corrected chi connectivity index (χ3v) is 3.46. The van der Waals surface area contributed by atoms with Crippen molar-refractivity contribution in [3.8, 4) is 0 Å². The average Bonchev–Trinajstić information content (AvgIpc) is 3.29. The van der Waals surface area contributed by atoms with Gasteiger partial charge in [-0.1, -0.05) is 0 Å². The number of hydrazine groups is 2. The molecule has 1 amide bonds. The number of halogens is 1. The molecule has 1 aromatic heterocycles. The number of nitrogens with zero attached hydrogens (tertiary/aromatic N) is 2. The van der Waals surface area contributed by atoms with E-state index in [1.165, 1.54) is 17.3 Å². The van der Waals surface area contributed by atoms with Crippen molar-refractivity contribution < 1.29 is 13.6 Å². The van der Waals surface area contributed by atoms with Crippen molar-refractivity contribution in [1.29, 1.82) is 0 Å². The number of carbonyl (C=O) groups excluding carboxylic acids is 1. The van der Waals surface area contributed by atoms with Crippen molar-refractivity contribution in [3.05, 3.63) is 47.4 Å². The zero-order valence-corrected chi connectivity index (χ0v) is 13.3. The number of anilines is 1. The molecule has 1 aliphatic rings. The standard InChI is InChI=1S/C15H16FN3O.CH4N2O/c1-19(17)14-9-11(16)8-13(10-2-3-10)12(14)4-5-15-18-6-7-20-15;2-3-1-4/h4-10H,2-3,17H2,1H3;1H,2H2,(H,3,4)/b5-4+;. The minimum atomic E-state index is -0.257. The van der Waals surface area contributed by atoms with E-state index in [1.54, 1.807) is 30.8 Å². The Bertz CT molecular complexity index is 673. The van der Waals surface area contributed by atoms with Gasteiger partial charge in [0.05, 0.1) is 11.9 Å². The third kappa shape index (κ3) is 4.64. The molecule has 0 unspecified atom stereocenters. The van der Waals surface area contributed by atoms with Gasteiger partial charge >= 0.3 is 0 Å². The smallest absolute Gasteiger partial charge is 0.221 e. The highest BCUT2D eigenvalue weighted by atomic mass is 19.1. The summed E-state index contributed by atoms with van der Waals surface area (Å²) in [5.74, 6) is 10.9. The number of nitrogens with two attached hydrogens (primary N) is 2. The fourth-order valence-electron chi connectivity index (χ4n) is 2.30. The van der Waals surface area contributed by atoms with Crippen LogP contribution in [0.5, 0.6) is 0 Å². The predicted octanol–water partition coefficient (Wildman–Crippen LogP) is 1.78. The van der Waals surface area contributed by atoms with Crippen LogP contribution in [-0.2, 0) is 4.79 Å². The first-order valence-corrected chi connectivity index (χ1v) is 7.36. The van der Waals surface area contributed by atoms with Gasteiger partial charge in [-0.25, -0.2) is 21.1 Å². The molecule has 1 fully saturated rings. The molecule has 0 spiro atoms. The number of benzene rings is 1. The number of carbonyl (C=O) groups is 1. The van der Waals surface area contributed by atoms with Gasteiger partial charge in [-0.3, -0.25) is 10.2 Å². The second-order valence-electron chi connectivity index (χ2n) is 5.30. The summed E-state index contributed by atoms with van der Waals surface area (Å²) in [6, 6.07) is 3.04. The first kappa shape index (κ1) is 17.6. The molecule has 3 rings (SSSR count). The van der Waals surface area contributed by atoms with Gasteiger partial charge in [0.2, 0.25) is 12.3 Å². The minimum absolute atomic E-state index is 0.257. The van der Waals surface area contributed by atoms with Gasteiger partial charge in [-0.05, 0) is 42.5 Å². The summed E-state index contributed by atoms with van der Waals surface area (Å²) in [6.07, 6.45) is 9.35. The molecule has 2 aromatic rings. The van der Waals surface area contributed by atoms with Gasteiger partial charge < -0.3 is 9.43 Å². The summed E-state index contributed by atoms with van der Waals surface area (Å²) in [4.78, 5) is 13.0. The first-order valence-electron chi connectivity index (χ1n) is 7.36. The van der Waals surface area contributed by atoms with Gasteiger partial charge in [0.25, 0.3) is 0 Å². The molecule has 0 saturated heterocycles. The summed E-state index contributed by atoms with van der Waals surface area (Å²) in [6.45, 7) is 0. The topological polar surface area (TPSA) is 110 Å². The molecule has 0 aliphatic heterocycles. The van der Waals surface area contributed by atoms with Crippen LogP contribution in [0.15, 0.2) is 29.0 Å². The number of rotatable bonds is 5. The molecule has 1 aromatic carbocycles. The van der Waals surface area contributed by atoms with Crippen molar-refractivity contribution >= 4 is 24.2 Å². The highest BCUT2D eigenvalue weighted by Crippen LogP contribution is 2.44. The number of nitrogens with one attached hydrogen (secondary N) is 1. The van der Waals surface area contributed by atoms with Crippen LogP contribution >= 0.6 is 0 Å². The Labute approximate surface area is 139 Å². The van der Waals surface area contributed by atoms with E-state index in [0.29, 0.717) is 23.9 Å². The zero-order chi connectivity index (χ0) is 17.5. The lowest BCUT2D eigenvalue weighted by Crippen LogP contribution is -2.26. The Hall–Kier alpha value is -2.71. The summed E-state index contributed by atoms with van der Waals surface area (Å²) < 4.78 is 18.9. The van der Waals surface area contributed by atoms with Gasteiger partial charge in [0.15, 0.2) is 0 Å². The Morgan fingerprint density at radius 3 is 2.62 bits per heavy atom. The molecular weight excluding hydrogens is 313 g/mol.